The lowest BCUT2D eigenvalue weighted by Gasteiger charge is -2.27. The lowest BCUT2D eigenvalue weighted by atomic mass is 9.82. The highest BCUT2D eigenvalue weighted by Gasteiger charge is 2.37. The first-order valence-electron chi connectivity index (χ1n) is 7.73. The molecule has 132 valence electrons. The first-order valence-corrected chi connectivity index (χ1v) is 7.73. The van der Waals surface area contributed by atoms with Crippen molar-refractivity contribution in [2.75, 3.05) is 0 Å². The number of hydrogen-bond donors (Lipinski definition) is 2. The van der Waals surface area contributed by atoms with Gasteiger partial charge in [-0.1, -0.05) is 18.2 Å². The van der Waals surface area contributed by atoms with Gasteiger partial charge in [0.1, 0.15) is 0 Å². The predicted octanol–water partition coefficient (Wildman–Crippen LogP) is 3.35. The van der Waals surface area contributed by atoms with E-state index in [9.17, 15) is 22.8 Å². The fourth-order valence-corrected chi connectivity index (χ4v) is 2.92. The molecule has 0 saturated heterocycles. The number of benzene rings is 1. The van der Waals surface area contributed by atoms with Gasteiger partial charge >= 0.3 is 12.1 Å². The van der Waals surface area contributed by atoms with Crippen LogP contribution in [0.3, 0.4) is 0 Å². The van der Waals surface area contributed by atoms with E-state index in [1.807, 2.05) is 0 Å². The average molecular weight is 343 g/mol. The number of halogens is 3. The third-order valence-electron chi connectivity index (χ3n) is 4.60. The molecule has 0 spiro atoms. The molecule has 1 amide bonds. The molecule has 0 unspecified atom stereocenters. The Morgan fingerprint density at radius 2 is 1.79 bits per heavy atom. The van der Waals surface area contributed by atoms with E-state index in [2.05, 4.69) is 5.32 Å². The van der Waals surface area contributed by atoms with Crippen LogP contribution in [0.5, 0.6) is 0 Å². The number of rotatable bonds is 4. The maximum absolute atomic E-state index is 12.8. The Labute approximate surface area is 138 Å². The number of hydrogen-bond acceptors (Lipinski definition) is 2. The number of carbonyl (C=O) groups is 2. The molecule has 1 aliphatic rings. The number of aliphatic carboxylic acids is 1. The number of nitrogens with one attached hydrogen (secondary N) is 1. The summed E-state index contributed by atoms with van der Waals surface area (Å²) in [5.74, 6) is -1.77. The fourth-order valence-electron chi connectivity index (χ4n) is 2.92. The molecule has 0 heterocycles. The van der Waals surface area contributed by atoms with Gasteiger partial charge in [0, 0.05) is 6.04 Å². The fraction of sp³-hybridized carbons (Fsp3) is 0.529. The number of carboxylic acids is 1. The van der Waals surface area contributed by atoms with Crippen molar-refractivity contribution >= 4 is 11.9 Å². The number of alkyl halides is 3. The Hall–Kier alpha value is -2.05. The summed E-state index contributed by atoms with van der Waals surface area (Å²) in [4.78, 5) is 23.5. The minimum absolute atomic E-state index is 0.260. The summed E-state index contributed by atoms with van der Waals surface area (Å²) in [5.41, 5.74) is -1.68. The highest BCUT2D eigenvalue weighted by atomic mass is 19.4. The summed E-state index contributed by atoms with van der Waals surface area (Å²) >= 11 is 0. The van der Waals surface area contributed by atoms with Gasteiger partial charge in [-0.3, -0.25) is 9.59 Å². The van der Waals surface area contributed by atoms with Crippen LogP contribution < -0.4 is 5.32 Å². The molecule has 0 aliphatic heterocycles. The van der Waals surface area contributed by atoms with Crippen LogP contribution in [-0.2, 0) is 21.2 Å². The molecule has 0 aromatic heterocycles. The monoisotopic (exact) mass is 343 g/mol. The highest BCUT2D eigenvalue weighted by molar-refractivity contribution is 5.87. The van der Waals surface area contributed by atoms with E-state index < -0.39 is 34.9 Å². The van der Waals surface area contributed by atoms with Gasteiger partial charge in [-0.25, -0.2) is 0 Å². The van der Waals surface area contributed by atoms with E-state index in [4.69, 9.17) is 5.11 Å². The van der Waals surface area contributed by atoms with Crippen molar-refractivity contribution in [2.45, 2.75) is 50.7 Å². The highest BCUT2D eigenvalue weighted by Crippen LogP contribution is 2.33. The van der Waals surface area contributed by atoms with E-state index in [0.29, 0.717) is 19.3 Å². The average Bonchev–Trinajstić information content (AvgIpc) is 2.95. The second-order valence-corrected chi connectivity index (χ2v) is 6.72. The van der Waals surface area contributed by atoms with Crippen molar-refractivity contribution in [1.82, 2.24) is 5.32 Å². The summed E-state index contributed by atoms with van der Waals surface area (Å²) in [7, 11) is 0. The Morgan fingerprint density at radius 1 is 1.17 bits per heavy atom. The second-order valence-electron chi connectivity index (χ2n) is 6.72. The van der Waals surface area contributed by atoms with Crippen LogP contribution >= 0.6 is 0 Å². The first kappa shape index (κ1) is 18.3. The summed E-state index contributed by atoms with van der Waals surface area (Å²) in [6.07, 6.45) is -3.08. The Kier molecular flexibility index (Phi) is 4.92. The Morgan fingerprint density at radius 3 is 2.33 bits per heavy atom. The number of carboxylic acid groups (broad SMARTS) is 1. The van der Waals surface area contributed by atoms with Gasteiger partial charge in [0.25, 0.3) is 0 Å². The largest absolute Gasteiger partial charge is 0.481 e. The van der Waals surface area contributed by atoms with Gasteiger partial charge in [-0.05, 0) is 44.7 Å². The molecule has 0 bridgehead atoms. The second kappa shape index (κ2) is 6.45. The smallest absolute Gasteiger partial charge is 0.416 e. The van der Waals surface area contributed by atoms with Crippen LogP contribution in [0.15, 0.2) is 24.3 Å². The van der Waals surface area contributed by atoms with Crippen LogP contribution in [0.25, 0.3) is 0 Å². The minimum atomic E-state index is -4.47. The topological polar surface area (TPSA) is 66.4 Å². The summed E-state index contributed by atoms with van der Waals surface area (Å²) in [5, 5.41) is 11.8. The van der Waals surface area contributed by atoms with E-state index in [-0.39, 0.29) is 11.6 Å². The third-order valence-corrected chi connectivity index (χ3v) is 4.60. The molecular formula is C17H20F3NO3. The van der Waals surface area contributed by atoms with Crippen LogP contribution in [-0.4, -0.2) is 23.0 Å². The summed E-state index contributed by atoms with van der Waals surface area (Å²) < 4.78 is 38.5. The zero-order valence-corrected chi connectivity index (χ0v) is 13.5. The first-order chi connectivity index (χ1) is 11.0. The Balaban J connectivity index is 2.12. The maximum Gasteiger partial charge on any atom is 0.416 e. The van der Waals surface area contributed by atoms with Crippen molar-refractivity contribution < 1.29 is 27.9 Å². The Bertz CT molecular complexity index is 640. The SMILES string of the molecule is CC(C)(C(=O)N[C@H]1CC[C@@H](C(=O)O)C1)c1cccc(C(F)(F)F)c1. The number of amides is 1. The van der Waals surface area contributed by atoms with Crippen molar-refractivity contribution in [3.8, 4) is 0 Å². The van der Waals surface area contributed by atoms with Gasteiger partial charge in [0.15, 0.2) is 0 Å². The summed E-state index contributed by atoms with van der Waals surface area (Å²) in [6.45, 7) is 3.11. The zero-order chi connectivity index (χ0) is 18.1. The molecule has 1 saturated carbocycles. The molecule has 24 heavy (non-hydrogen) atoms. The van der Waals surface area contributed by atoms with Gasteiger partial charge in [-0.15, -0.1) is 0 Å². The van der Waals surface area contributed by atoms with Crippen LogP contribution in [0, 0.1) is 5.92 Å². The molecule has 4 nitrogen and oxygen atoms in total. The standard InChI is InChI=1S/C17H20F3NO3/c1-16(2,11-4-3-5-12(9-11)17(18,19)20)15(24)21-13-7-6-10(8-13)14(22)23/h3-5,9-10,13H,6-8H2,1-2H3,(H,21,24)(H,22,23)/t10-,13+/m1/s1. The molecule has 1 fully saturated rings. The molecule has 2 rings (SSSR count). The van der Waals surface area contributed by atoms with Crippen LogP contribution in [0.1, 0.15) is 44.2 Å². The van der Waals surface area contributed by atoms with Gasteiger partial charge in [0.2, 0.25) is 5.91 Å². The van der Waals surface area contributed by atoms with Gasteiger partial charge < -0.3 is 10.4 Å². The van der Waals surface area contributed by atoms with Crippen molar-refractivity contribution in [2.24, 2.45) is 5.92 Å². The lowest BCUT2D eigenvalue weighted by Crippen LogP contribution is -2.44. The lowest BCUT2D eigenvalue weighted by molar-refractivity contribution is -0.141. The van der Waals surface area contributed by atoms with Crippen molar-refractivity contribution in [1.29, 1.82) is 0 Å². The molecule has 2 atom stereocenters. The van der Waals surface area contributed by atoms with Crippen molar-refractivity contribution in [3.63, 3.8) is 0 Å². The van der Waals surface area contributed by atoms with Crippen molar-refractivity contribution in [3.05, 3.63) is 35.4 Å². The van der Waals surface area contributed by atoms with E-state index in [0.717, 1.165) is 12.1 Å². The normalized spacial score (nSPS) is 21.5. The minimum Gasteiger partial charge on any atom is -0.481 e. The molecule has 2 N–H and O–H groups in total. The molecule has 7 heteroatoms. The molecular weight excluding hydrogens is 323 g/mol. The van der Waals surface area contributed by atoms with Gasteiger partial charge in [-0.2, -0.15) is 13.2 Å². The zero-order valence-electron chi connectivity index (χ0n) is 13.5. The number of carbonyl (C=O) groups excluding carboxylic acids is 1. The van der Waals surface area contributed by atoms with E-state index >= 15 is 0 Å². The molecule has 1 aliphatic carbocycles. The molecule has 1 aromatic rings. The summed E-state index contributed by atoms with van der Waals surface area (Å²) in [6, 6.07) is 4.45. The third kappa shape index (κ3) is 3.88. The maximum atomic E-state index is 12.8. The predicted molar refractivity (Wildman–Crippen MR) is 81.4 cm³/mol. The quantitative estimate of drug-likeness (QED) is 0.881. The van der Waals surface area contributed by atoms with E-state index in [1.165, 1.54) is 12.1 Å². The molecule has 0 radical (unpaired) electrons. The molecule has 1 aromatic carbocycles. The van der Waals surface area contributed by atoms with Crippen LogP contribution in [0.2, 0.25) is 0 Å². The van der Waals surface area contributed by atoms with Crippen LogP contribution in [0.4, 0.5) is 13.2 Å². The van der Waals surface area contributed by atoms with Gasteiger partial charge in [0.05, 0.1) is 16.9 Å². The van der Waals surface area contributed by atoms with E-state index in [1.54, 1.807) is 13.8 Å².